The first-order chi connectivity index (χ1) is 11.0. The van der Waals surface area contributed by atoms with E-state index < -0.39 is 11.9 Å². The minimum absolute atomic E-state index is 0.177. The van der Waals surface area contributed by atoms with Crippen LogP contribution in [0.2, 0.25) is 5.02 Å². The third-order valence-corrected chi connectivity index (χ3v) is 3.72. The zero-order valence-electron chi connectivity index (χ0n) is 12.1. The lowest BCUT2D eigenvalue weighted by atomic mass is 10.1. The second-order valence-corrected chi connectivity index (χ2v) is 5.35. The summed E-state index contributed by atoms with van der Waals surface area (Å²) in [5.74, 6) is -1.02. The molecule has 1 heterocycles. The van der Waals surface area contributed by atoms with E-state index in [0.29, 0.717) is 27.5 Å². The van der Waals surface area contributed by atoms with E-state index in [1.807, 2.05) is 0 Å². The summed E-state index contributed by atoms with van der Waals surface area (Å²) in [6, 6.07) is 9.52. The van der Waals surface area contributed by atoms with E-state index in [1.54, 1.807) is 30.3 Å². The van der Waals surface area contributed by atoms with Gasteiger partial charge in [-0.3, -0.25) is 4.79 Å². The molecule has 0 aliphatic carbocycles. The number of hydrogen-bond acceptors (Lipinski definition) is 3. The van der Waals surface area contributed by atoms with Gasteiger partial charge in [-0.15, -0.1) is 0 Å². The van der Waals surface area contributed by atoms with Crippen LogP contribution in [0.15, 0.2) is 36.4 Å². The number of nitrogens with zero attached hydrogens (tertiary/aromatic N) is 2. The van der Waals surface area contributed by atoms with Gasteiger partial charge in [-0.2, -0.15) is 9.49 Å². The molecule has 118 valence electrons. The van der Waals surface area contributed by atoms with Crippen LogP contribution in [0.3, 0.4) is 0 Å². The summed E-state index contributed by atoms with van der Waals surface area (Å²) in [5, 5.41) is 13.6. The number of carboxylic acids is 1. The number of ether oxygens (including phenoxy) is 1. The molecular weight excluding hydrogens is 323 g/mol. The van der Waals surface area contributed by atoms with Crippen molar-refractivity contribution >= 4 is 28.5 Å². The number of aliphatic carboxylic acids is 1. The van der Waals surface area contributed by atoms with Crippen LogP contribution in [-0.4, -0.2) is 28.0 Å². The predicted octanol–water partition coefficient (Wildman–Crippen LogP) is 3.45. The van der Waals surface area contributed by atoms with Gasteiger partial charge in [-0.1, -0.05) is 17.7 Å². The zero-order valence-corrected chi connectivity index (χ0v) is 12.8. The number of fused-ring (bicyclic) bond motifs is 1. The van der Waals surface area contributed by atoms with Crippen LogP contribution in [0.25, 0.3) is 16.6 Å². The molecule has 3 aromatic rings. The maximum absolute atomic E-state index is 14.7. The highest BCUT2D eigenvalue weighted by atomic mass is 35.5. The Morgan fingerprint density at radius 3 is 2.78 bits per heavy atom. The highest BCUT2D eigenvalue weighted by Gasteiger charge is 2.16. The third-order valence-electron chi connectivity index (χ3n) is 3.42. The molecule has 0 aliphatic rings. The number of halogens is 2. The van der Waals surface area contributed by atoms with Gasteiger partial charge in [0.1, 0.15) is 5.75 Å². The van der Waals surface area contributed by atoms with Crippen molar-refractivity contribution in [3.05, 3.63) is 52.9 Å². The van der Waals surface area contributed by atoms with Gasteiger partial charge in [-0.25, -0.2) is 4.68 Å². The van der Waals surface area contributed by atoms with Gasteiger partial charge >= 0.3 is 5.97 Å². The van der Waals surface area contributed by atoms with Crippen LogP contribution in [-0.2, 0) is 11.2 Å². The Labute approximate surface area is 135 Å². The first-order valence-electron chi connectivity index (χ1n) is 6.72. The molecule has 0 fully saturated rings. The molecule has 0 radical (unpaired) electrons. The van der Waals surface area contributed by atoms with Crippen molar-refractivity contribution in [3.63, 3.8) is 0 Å². The van der Waals surface area contributed by atoms with Crippen molar-refractivity contribution in [3.8, 4) is 11.4 Å². The topological polar surface area (TPSA) is 64.4 Å². The van der Waals surface area contributed by atoms with Crippen LogP contribution < -0.4 is 4.74 Å². The Bertz CT molecular complexity index is 908. The lowest BCUT2D eigenvalue weighted by Gasteiger charge is -2.06. The summed E-state index contributed by atoms with van der Waals surface area (Å²) in [4.78, 5) is 10.8. The molecule has 0 spiro atoms. The molecular formula is C16H12ClFN2O3. The molecule has 5 nitrogen and oxygen atoms in total. The van der Waals surface area contributed by atoms with Crippen molar-refractivity contribution in [2.24, 2.45) is 0 Å². The molecule has 1 aromatic heterocycles. The average Bonchev–Trinajstić information content (AvgIpc) is 2.83. The van der Waals surface area contributed by atoms with Gasteiger partial charge in [0, 0.05) is 6.07 Å². The normalized spacial score (nSPS) is 10.9. The van der Waals surface area contributed by atoms with Crippen molar-refractivity contribution in [2.45, 2.75) is 6.42 Å². The minimum Gasteiger partial charge on any atom is -0.497 e. The number of benzene rings is 2. The van der Waals surface area contributed by atoms with Gasteiger partial charge in [0.25, 0.3) is 0 Å². The minimum atomic E-state index is -0.977. The molecule has 2 aromatic carbocycles. The van der Waals surface area contributed by atoms with Gasteiger partial charge in [0.2, 0.25) is 5.95 Å². The molecule has 0 amide bonds. The van der Waals surface area contributed by atoms with Gasteiger partial charge in [0.15, 0.2) is 0 Å². The summed E-state index contributed by atoms with van der Waals surface area (Å²) < 4.78 is 20.8. The average molecular weight is 335 g/mol. The summed E-state index contributed by atoms with van der Waals surface area (Å²) in [7, 11) is 1.51. The molecule has 0 aliphatic heterocycles. The van der Waals surface area contributed by atoms with E-state index in [2.05, 4.69) is 5.10 Å². The van der Waals surface area contributed by atoms with E-state index >= 15 is 0 Å². The van der Waals surface area contributed by atoms with Gasteiger partial charge < -0.3 is 9.84 Å². The number of aromatic nitrogens is 2. The Morgan fingerprint density at radius 2 is 2.13 bits per heavy atom. The number of hydrogen-bond donors (Lipinski definition) is 1. The van der Waals surface area contributed by atoms with Crippen LogP contribution >= 0.6 is 11.6 Å². The van der Waals surface area contributed by atoms with Crippen LogP contribution in [0, 0.1) is 5.95 Å². The van der Waals surface area contributed by atoms with Crippen LogP contribution in [0.5, 0.6) is 5.75 Å². The second kappa shape index (κ2) is 5.89. The van der Waals surface area contributed by atoms with Gasteiger partial charge in [-0.05, 0) is 29.8 Å². The Hall–Kier alpha value is -2.60. The molecule has 0 saturated heterocycles. The molecule has 3 rings (SSSR count). The molecule has 1 N–H and O–H groups in total. The molecule has 0 saturated carbocycles. The van der Waals surface area contributed by atoms with E-state index in [-0.39, 0.29) is 11.8 Å². The number of rotatable bonds is 4. The highest BCUT2D eigenvalue weighted by molar-refractivity contribution is 6.32. The Kier molecular flexibility index (Phi) is 3.92. The SMILES string of the molecule is COc1ccc(-n2nc3ccc(CC(=O)O)cc3c2F)c(Cl)c1. The summed E-state index contributed by atoms with van der Waals surface area (Å²) in [5.41, 5.74) is 1.30. The molecule has 0 unspecified atom stereocenters. The smallest absolute Gasteiger partial charge is 0.307 e. The van der Waals surface area contributed by atoms with E-state index in [9.17, 15) is 9.18 Å². The van der Waals surface area contributed by atoms with Crippen molar-refractivity contribution in [1.29, 1.82) is 0 Å². The second-order valence-electron chi connectivity index (χ2n) is 4.94. The summed E-state index contributed by atoms with van der Waals surface area (Å²) in [6.07, 6.45) is -0.177. The zero-order chi connectivity index (χ0) is 16.6. The third kappa shape index (κ3) is 2.85. The molecule has 7 heteroatoms. The summed E-state index contributed by atoms with van der Waals surface area (Å²) in [6.45, 7) is 0. The van der Waals surface area contributed by atoms with Crippen molar-refractivity contribution in [1.82, 2.24) is 9.78 Å². The summed E-state index contributed by atoms with van der Waals surface area (Å²) >= 11 is 6.16. The monoisotopic (exact) mass is 334 g/mol. The first kappa shape index (κ1) is 15.3. The largest absolute Gasteiger partial charge is 0.497 e. The number of carbonyl (C=O) groups is 1. The molecule has 0 bridgehead atoms. The van der Waals surface area contributed by atoms with Gasteiger partial charge in [0.05, 0.1) is 35.1 Å². The highest BCUT2D eigenvalue weighted by Crippen LogP contribution is 2.28. The van der Waals surface area contributed by atoms with Crippen molar-refractivity contribution < 1.29 is 19.0 Å². The fourth-order valence-corrected chi connectivity index (χ4v) is 2.58. The lowest BCUT2D eigenvalue weighted by molar-refractivity contribution is -0.136. The lowest BCUT2D eigenvalue weighted by Crippen LogP contribution is -2.01. The standard InChI is InChI=1S/C16H12ClFN2O3/c1-23-10-3-5-14(12(17)8-10)20-16(18)11-6-9(7-15(21)22)2-4-13(11)19-20/h2-6,8H,7H2,1H3,(H,21,22). The predicted molar refractivity (Wildman–Crippen MR) is 83.9 cm³/mol. The maximum Gasteiger partial charge on any atom is 0.307 e. The van der Waals surface area contributed by atoms with E-state index in [4.69, 9.17) is 21.4 Å². The quantitative estimate of drug-likeness (QED) is 0.793. The fraction of sp³-hybridized carbons (Fsp3) is 0.125. The van der Waals surface area contributed by atoms with E-state index in [1.165, 1.54) is 13.2 Å². The number of carboxylic acid groups (broad SMARTS) is 1. The molecule has 0 atom stereocenters. The Balaban J connectivity index is 2.12. The first-order valence-corrected chi connectivity index (χ1v) is 7.10. The van der Waals surface area contributed by atoms with Crippen LogP contribution in [0.4, 0.5) is 4.39 Å². The molecule has 23 heavy (non-hydrogen) atoms. The fourth-order valence-electron chi connectivity index (χ4n) is 2.33. The van der Waals surface area contributed by atoms with E-state index in [0.717, 1.165) is 4.68 Å². The van der Waals surface area contributed by atoms with Crippen LogP contribution in [0.1, 0.15) is 5.56 Å². The maximum atomic E-state index is 14.7. The van der Waals surface area contributed by atoms with Crippen molar-refractivity contribution in [2.75, 3.05) is 7.11 Å². The number of methoxy groups -OCH3 is 1. The Morgan fingerprint density at radius 1 is 1.35 bits per heavy atom.